The fourth-order valence-electron chi connectivity index (χ4n) is 2.98. The number of thiazole rings is 1. The molecule has 4 rings (SSSR count). The van der Waals surface area contributed by atoms with Crippen LogP contribution >= 0.6 is 11.3 Å². The van der Waals surface area contributed by atoms with Gasteiger partial charge >= 0.3 is 5.69 Å². The standard InChI is InChI=1S/C15H16N4OS/c20-15-18-8-4-3-7-13(18)17-19(15)9-12-10-21-14(16-12)11-5-1-2-6-11/h3-4,7-8,10-11H,1-2,5-6,9H2. The highest BCUT2D eigenvalue weighted by atomic mass is 32.1. The van der Waals surface area contributed by atoms with E-state index >= 15 is 0 Å². The molecular weight excluding hydrogens is 284 g/mol. The van der Waals surface area contributed by atoms with E-state index in [1.807, 2.05) is 18.2 Å². The molecule has 1 saturated carbocycles. The molecule has 0 unspecified atom stereocenters. The van der Waals surface area contributed by atoms with E-state index in [2.05, 4.69) is 10.5 Å². The highest BCUT2D eigenvalue weighted by Gasteiger charge is 2.20. The quantitative estimate of drug-likeness (QED) is 0.747. The van der Waals surface area contributed by atoms with E-state index in [0.717, 1.165) is 5.69 Å². The average Bonchev–Trinajstić information content (AvgIpc) is 3.21. The molecule has 0 atom stereocenters. The van der Waals surface area contributed by atoms with Gasteiger partial charge in [-0.15, -0.1) is 16.4 Å². The molecule has 108 valence electrons. The maximum Gasteiger partial charge on any atom is 0.350 e. The van der Waals surface area contributed by atoms with E-state index in [1.54, 1.807) is 21.9 Å². The summed E-state index contributed by atoms with van der Waals surface area (Å²) in [5.74, 6) is 0.626. The van der Waals surface area contributed by atoms with Crippen molar-refractivity contribution in [3.63, 3.8) is 0 Å². The first-order valence-electron chi connectivity index (χ1n) is 7.30. The van der Waals surface area contributed by atoms with Crippen molar-refractivity contribution in [2.75, 3.05) is 0 Å². The molecular formula is C15H16N4OS. The van der Waals surface area contributed by atoms with E-state index in [4.69, 9.17) is 4.98 Å². The van der Waals surface area contributed by atoms with Crippen LogP contribution in [0, 0.1) is 0 Å². The van der Waals surface area contributed by atoms with Crippen molar-refractivity contribution in [3.05, 3.63) is 51.0 Å². The van der Waals surface area contributed by atoms with Crippen LogP contribution in [0.1, 0.15) is 42.3 Å². The highest BCUT2D eigenvalue weighted by Crippen LogP contribution is 2.35. The summed E-state index contributed by atoms with van der Waals surface area (Å²) >= 11 is 1.72. The van der Waals surface area contributed by atoms with Crippen LogP contribution < -0.4 is 5.69 Å². The van der Waals surface area contributed by atoms with Gasteiger partial charge in [-0.2, -0.15) is 0 Å². The van der Waals surface area contributed by atoms with E-state index in [0.29, 0.717) is 18.1 Å². The Bertz CT molecular complexity index is 825. The van der Waals surface area contributed by atoms with Crippen molar-refractivity contribution in [2.45, 2.75) is 38.1 Å². The Hall–Kier alpha value is -1.95. The molecule has 0 amide bonds. The molecule has 21 heavy (non-hydrogen) atoms. The smallest absolute Gasteiger partial charge is 0.250 e. The number of aromatic nitrogens is 4. The van der Waals surface area contributed by atoms with Gasteiger partial charge in [0, 0.05) is 17.5 Å². The van der Waals surface area contributed by atoms with Crippen LogP contribution in [0.5, 0.6) is 0 Å². The lowest BCUT2D eigenvalue weighted by molar-refractivity contribution is 0.641. The number of hydrogen-bond acceptors (Lipinski definition) is 4. The molecule has 0 spiro atoms. The van der Waals surface area contributed by atoms with Gasteiger partial charge in [0.15, 0.2) is 5.65 Å². The fraction of sp³-hybridized carbons (Fsp3) is 0.400. The van der Waals surface area contributed by atoms with Crippen LogP contribution in [0.3, 0.4) is 0 Å². The third-order valence-corrected chi connectivity index (χ3v) is 5.13. The average molecular weight is 300 g/mol. The van der Waals surface area contributed by atoms with Crippen molar-refractivity contribution in [1.29, 1.82) is 0 Å². The molecule has 0 saturated heterocycles. The monoisotopic (exact) mass is 300 g/mol. The molecule has 0 aromatic carbocycles. The van der Waals surface area contributed by atoms with E-state index in [9.17, 15) is 4.79 Å². The summed E-state index contributed by atoms with van der Waals surface area (Å²) in [5, 5.41) is 7.63. The normalized spacial score (nSPS) is 16.0. The summed E-state index contributed by atoms with van der Waals surface area (Å²) < 4.78 is 3.05. The Balaban J connectivity index is 1.62. The highest BCUT2D eigenvalue weighted by molar-refractivity contribution is 7.09. The number of hydrogen-bond donors (Lipinski definition) is 0. The molecule has 1 aliphatic carbocycles. The predicted molar refractivity (Wildman–Crippen MR) is 81.9 cm³/mol. The summed E-state index contributed by atoms with van der Waals surface area (Å²) in [4.78, 5) is 16.9. The van der Waals surface area contributed by atoms with Crippen LogP contribution in [0.25, 0.3) is 5.65 Å². The van der Waals surface area contributed by atoms with Gasteiger partial charge in [0.25, 0.3) is 0 Å². The lowest BCUT2D eigenvalue weighted by atomic mass is 10.1. The second kappa shape index (κ2) is 5.11. The fourth-order valence-corrected chi connectivity index (χ4v) is 3.96. The molecule has 0 bridgehead atoms. The number of pyridine rings is 1. The first-order valence-corrected chi connectivity index (χ1v) is 8.18. The minimum Gasteiger partial charge on any atom is -0.250 e. The zero-order chi connectivity index (χ0) is 14.2. The molecule has 1 aliphatic rings. The first-order chi connectivity index (χ1) is 10.3. The van der Waals surface area contributed by atoms with Crippen LogP contribution in [-0.4, -0.2) is 19.2 Å². The molecule has 0 radical (unpaired) electrons. The lowest BCUT2D eigenvalue weighted by Crippen LogP contribution is -2.21. The van der Waals surface area contributed by atoms with Gasteiger partial charge in [-0.25, -0.2) is 14.5 Å². The van der Waals surface area contributed by atoms with Gasteiger partial charge in [0.2, 0.25) is 0 Å². The summed E-state index contributed by atoms with van der Waals surface area (Å²) in [6.45, 7) is 0.448. The third-order valence-electron chi connectivity index (χ3n) is 4.07. The maximum absolute atomic E-state index is 12.2. The predicted octanol–water partition coefficient (Wildman–Crippen LogP) is 2.66. The number of nitrogens with zero attached hydrogens (tertiary/aromatic N) is 4. The summed E-state index contributed by atoms with van der Waals surface area (Å²) in [7, 11) is 0. The zero-order valence-electron chi connectivity index (χ0n) is 11.6. The van der Waals surface area contributed by atoms with Gasteiger partial charge in [-0.1, -0.05) is 18.9 Å². The Kier molecular flexibility index (Phi) is 3.11. The molecule has 3 aromatic rings. The SMILES string of the molecule is O=c1n(Cc2csc(C3CCCC3)n2)nc2ccccn12. The molecule has 1 fully saturated rings. The van der Waals surface area contributed by atoms with Crippen LogP contribution in [-0.2, 0) is 6.54 Å². The molecule has 3 heterocycles. The Morgan fingerprint density at radius 1 is 1.29 bits per heavy atom. The molecule has 0 N–H and O–H groups in total. The van der Waals surface area contributed by atoms with Gasteiger partial charge in [0.1, 0.15) is 0 Å². The van der Waals surface area contributed by atoms with Gasteiger partial charge in [-0.3, -0.25) is 4.40 Å². The van der Waals surface area contributed by atoms with Crippen LogP contribution in [0.15, 0.2) is 34.6 Å². The van der Waals surface area contributed by atoms with E-state index in [-0.39, 0.29) is 5.69 Å². The topological polar surface area (TPSA) is 52.2 Å². The van der Waals surface area contributed by atoms with Crippen molar-refractivity contribution in [3.8, 4) is 0 Å². The Labute approximate surface area is 125 Å². The minimum absolute atomic E-state index is 0.110. The number of fused-ring (bicyclic) bond motifs is 1. The number of rotatable bonds is 3. The Morgan fingerprint density at radius 3 is 2.95 bits per heavy atom. The second-order valence-corrected chi connectivity index (χ2v) is 6.42. The molecule has 6 heteroatoms. The van der Waals surface area contributed by atoms with Gasteiger partial charge in [-0.05, 0) is 25.0 Å². The van der Waals surface area contributed by atoms with Gasteiger partial charge < -0.3 is 0 Å². The second-order valence-electron chi connectivity index (χ2n) is 5.53. The van der Waals surface area contributed by atoms with Crippen molar-refractivity contribution in [2.24, 2.45) is 0 Å². The van der Waals surface area contributed by atoms with Gasteiger partial charge in [0.05, 0.1) is 17.2 Å². The van der Waals surface area contributed by atoms with E-state index < -0.39 is 0 Å². The van der Waals surface area contributed by atoms with Crippen molar-refractivity contribution < 1.29 is 0 Å². The lowest BCUT2D eigenvalue weighted by Gasteiger charge is -2.02. The third kappa shape index (κ3) is 2.29. The molecule has 3 aromatic heterocycles. The van der Waals surface area contributed by atoms with Crippen LogP contribution in [0.2, 0.25) is 0 Å². The molecule has 0 aliphatic heterocycles. The minimum atomic E-state index is -0.110. The maximum atomic E-state index is 12.2. The zero-order valence-corrected chi connectivity index (χ0v) is 12.4. The van der Waals surface area contributed by atoms with Crippen LogP contribution in [0.4, 0.5) is 0 Å². The summed E-state index contributed by atoms with van der Waals surface area (Å²) in [6.07, 6.45) is 6.87. The molecule has 5 nitrogen and oxygen atoms in total. The van der Waals surface area contributed by atoms with E-state index in [1.165, 1.54) is 35.4 Å². The van der Waals surface area contributed by atoms with Crippen molar-refractivity contribution >= 4 is 17.0 Å². The largest absolute Gasteiger partial charge is 0.350 e. The summed E-state index contributed by atoms with van der Waals surface area (Å²) in [5.41, 5.74) is 1.50. The Morgan fingerprint density at radius 2 is 2.14 bits per heavy atom. The first kappa shape index (κ1) is 12.8. The van der Waals surface area contributed by atoms with Crippen molar-refractivity contribution in [1.82, 2.24) is 19.2 Å². The summed E-state index contributed by atoms with van der Waals surface area (Å²) in [6, 6.07) is 5.55.